The molecule has 0 aliphatic rings. The van der Waals surface area contributed by atoms with Gasteiger partial charge in [-0.15, -0.1) is 35.4 Å². The summed E-state index contributed by atoms with van der Waals surface area (Å²) in [6.07, 6.45) is 2.89. The third-order valence-electron chi connectivity index (χ3n) is 3.93. The summed E-state index contributed by atoms with van der Waals surface area (Å²) in [5.74, 6) is -0.0625. The zero-order valence-corrected chi connectivity index (χ0v) is 18.2. The van der Waals surface area contributed by atoms with Gasteiger partial charge in [-0.2, -0.15) is 0 Å². The van der Waals surface area contributed by atoms with E-state index >= 15 is 0 Å². The number of hydrogen-bond acceptors (Lipinski definition) is 4. The fraction of sp³-hybridized carbons (Fsp3) is 0.130. The minimum atomic E-state index is -0.125. The van der Waals surface area contributed by atoms with Gasteiger partial charge in [0.25, 0.3) is 0 Å². The maximum atomic E-state index is 10.0. The molecule has 0 amide bonds. The number of ketones is 1. The van der Waals surface area contributed by atoms with Crippen LogP contribution in [0, 0.1) is 13.0 Å². The van der Waals surface area contributed by atoms with Gasteiger partial charge in [-0.05, 0) is 26.0 Å². The van der Waals surface area contributed by atoms with Crippen molar-refractivity contribution in [2.45, 2.75) is 20.8 Å². The summed E-state index contributed by atoms with van der Waals surface area (Å²) in [4.78, 5) is 14.8. The Morgan fingerprint density at radius 1 is 1.14 bits per heavy atom. The molecule has 0 bridgehead atoms. The number of pyridine rings is 1. The largest absolute Gasteiger partial charge is 0.512 e. The minimum Gasteiger partial charge on any atom is -0.512 e. The molecule has 0 saturated heterocycles. The normalized spacial score (nSPS) is 10.9. The van der Waals surface area contributed by atoms with Crippen LogP contribution in [0.2, 0.25) is 0 Å². The molecule has 0 atom stereocenters. The number of aliphatic hydroxyl groups excluding tert-OH is 1. The molecule has 2 aromatic heterocycles. The molecule has 2 heterocycles. The Morgan fingerprint density at radius 2 is 1.89 bits per heavy atom. The monoisotopic (exact) mass is 551 g/mol. The molecule has 4 rings (SSSR count). The number of benzene rings is 2. The molecule has 0 aliphatic heterocycles. The van der Waals surface area contributed by atoms with Crippen LogP contribution < -0.4 is 0 Å². The molecule has 0 fully saturated rings. The van der Waals surface area contributed by atoms with Crippen LogP contribution >= 0.6 is 0 Å². The molecule has 0 unspecified atom stereocenters. The van der Waals surface area contributed by atoms with E-state index in [4.69, 9.17) is 14.5 Å². The Morgan fingerprint density at radius 3 is 2.54 bits per heavy atom. The summed E-state index contributed by atoms with van der Waals surface area (Å²) >= 11 is 0. The van der Waals surface area contributed by atoms with Crippen LogP contribution in [-0.4, -0.2) is 15.9 Å². The fourth-order valence-electron chi connectivity index (χ4n) is 2.87. The predicted octanol–water partition coefficient (Wildman–Crippen LogP) is 5.79. The van der Waals surface area contributed by atoms with Crippen molar-refractivity contribution in [1.82, 2.24) is 4.98 Å². The van der Waals surface area contributed by atoms with Crippen molar-refractivity contribution in [3.05, 3.63) is 78.3 Å². The van der Waals surface area contributed by atoms with Gasteiger partial charge in [0.15, 0.2) is 5.78 Å². The van der Waals surface area contributed by atoms with E-state index in [0.29, 0.717) is 0 Å². The summed E-state index contributed by atoms with van der Waals surface area (Å²) in [6, 6.07) is 19.4. The van der Waals surface area contributed by atoms with E-state index in [2.05, 4.69) is 25.1 Å². The van der Waals surface area contributed by atoms with Crippen LogP contribution in [0.1, 0.15) is 19.4 Å². The van der Waals surface area contributed by atoms with Gasteiger partial charge >= 0.3 is 0 Å². The van der Waals surface area contributed by atoms with Gasteiger partial charge in [0, 0.05) is 42.6 Å². The van der Waals surface area contributed by atoms with Gasteiger partial charge in [0.2, 0.25) is 0 Å². The Balaban J connectivity index is 0.000000306. The van der Waals surface area contributed by atoms with E-state index in [1.54, 1.807) is 6.26 Å². The Bertz CT molecular complexity index is 1140. The van der Waals surface area contributed by atoms with Crippen LogP contribution in [0.4, 0.5) is 0 Å². The number of aryl methyl sites for hydroxylation is 1. The van der Waals surface area contributed by atoms with Crippen LogP contribution in [-0.2, 0) is 24.9 Å². The third kappa shape index (κ3) is 4.94. The number of furan rings is 1. The molecule has 145 valence electrons. The quantitative estimate of drug-likeness (QED) is 0.195. The summed E-state index contributed by atoms with van der Waals surface area (Å²) in [6.45, 7) is 4.92. The first-order valence-corrected chi connectivity index (χ1v) is 8.58. The maximum absolute atomic E-state index is 10.0. The standard InChI is InChI=1S/C18H12NO.C5H8O2.Ir/c1-12-5-4-6-13(11-12)17-18-15(9-10-20-18)14-7-2-3-8-16(14)19-17;1-4(6)3-5(2)7;/h2-5,7-11H,1H3;3,6H,1-2H3;/q-1;;/b;4-3-;. The molecule has 0 spiro atoms. The Kier molecular flexibility index (Phi) is 7.27. The summed E-state index contributed by atoms with van der Waals surface area (Å²) in [7, 11) is 0. The summed E-state index contributed by atoms with van der Waals surface area (Å²) in [5, 5.41) is 10.6. The minimum absolute atomic E-state index is 0. The van der Waals surface area contributed by atoms with Gasteiger partial charge in [-0.1, -0.05) is 25.1 Å². The average Bonchev–Trinajstić information content (AvgIpc) is 3.10. The average molecular weight is 551 g/mol. The van der Waals surface area contributed by atoms with Gasteiger partial charge in [0.05, 0.1) is 17.5 Å². The fourth-order valence-corrected chi connectivity index (χ4v) is 2.87. The molecule has 4 aromatic rings. The first-order valence-electron chi connectivity index (χ1n) is 8.58. The van der Waals surface area contributed by atoms with Gasteiger partial charge in [0.1, 0.15) is 5.58 Å². The van der Waals surface area contributed by atoms with E-state index < -0.39 is 0 Å². The smallest absolute Gasteiger partial charge is 0.155 e. The molecule has 4 nitrogen and oxygen atoms in total. The SMILES string of the molecule is CC(=O)/C=C(/C)O.Cc1cc[c-]c(-c2nc3ccccc3c3ccoc23)c1.[Ir]. The van der Waals surface area contributed by atoms with Crippen molar-refractivity contribution in [2.75, 3.05) is 0 Å². The topological polar surface area (TPSA) is 63.3 Å². The molecule has 28 heavy (non-hydrogen) atoms. The second-order valence-corrected chi connectivity index (χ2v) is 6.32. The molecule has 0 aliphatic carbocycles. The number of carbonyl (C=O) groups is 1. The molecule has 1 radical (unpaired) electrons. The van der Waals surface area contributed by atoms with Crippen molar-refractivity contribution in [2.24, 2.45) is 0 Å². The van der Waals surface area contributed by atoms with Crippen molar-refractivity contribution < 1.29 is 34.4 Å². The Hall–Kier alpha value is -2.75. The molecular formula is C23H20IrNO3-. The van der Waals surface area contributed by atoms with Crippen molar-refractivity contribution >= 4 is 27.7 Å². The molecule has 2 aromatic carbocycles. The van der Waals surface area contributed by atoms with E-state index in [1.807, 2.05) is 36.4 Å². The van der Waals surface area contributed by atoms with Crippen LogP contribution in [0.25, 0.3) is 33.1 Å². The Labute approximate surface area is 177 Å². The zero-order chi connectivity index (χ0) is 19.4. The van der Waals surface area contributed by atoms with Crippen LogP contribution in [0.5, 0.6) is 0 Å². The number of aliphatic hydroxyl groups is 1. The number of rotatable bonds is 2. The van der Waals surface area contributed by atoms with Crippen molar-refractivity contribution in [3.8, 4) is 11.3 Å². The second-order valence-electron chi connectivity index (χ2n) is 6.32. The van der Waals surface area contributed by atoms with Gasteiger partial charge in [-0.25, -0.2) is 0 Å². The van der Waals surface area contributed by atoms with E-state index in [1.165, 1.54) is 25.5 Å². The maximum Gasteiger partial charge on any atom is 0.155 e. The molecule has 0 saturated carbocycles. The second kappa shape index (κ2) is 9.45. The predicted molar refractivity (Wildman–Crippen MR) is 108 cm³/mol. The van der Waals surface area contributed by atoms with E-state index in [0.717, 1.165) is 33.1 Å². The molecular weight excluding hydrogens is 530 g/mol. The summed E-state index contributed by atoms with van der Waals surface area (Å²) < 4.78 is 5.67. The van der Waals surface area contributed by atoms with Crippen LogP contribution in [0.3, 0.4) is 0 Å². The van der Waals surface area contributed by atoms with Gasteiger partial charge in [-0.3, -0.25) is 9.78 Å². The first-order chi connectivity index (χ1) is 13.0. The van der Waals surface area contributed by atoms with Crippen molar-refractivity contribution in [1.29, 1.82) is 0 Å². The van der Waals surface area contributed by atoms with E-state index in [9.17, 15) is 4.79 Å². The zero-order valence-electron chi connectivity index (χ0n) is 15.8. The summed E-state index contributed by atoms with van der Waals surface area (Å²) in [5.41, 5.74) is 4.81. The third-order valence-corrected chi connectivity index (χ3v) is 3.93. The number of allylic oxidation sites excluding steroid dienone is 2. The van der Waals surface area contributed by atoms with Gasteiger partial charge < -0.3 is 9.52 Å². The first kappa shape index (κ1) is 21.5. The molecule has 5 heteroatoms. The number of hydrogen-bond donors (Lipinski definition) is 1. The van der Waals surface area contributed by atoms with Crippen LogP contribution in [0.15, 0.2) is 71.0 Å². The number of carbonyl (C=O) groups excluding carboxylic acids is 1. The number of nitrogens with zero attached hydrogens (tertiary/aromatic N) is 1. The number of aromatic nitrogens is 1. The van der Waals surface area contributed by atoms with E-state index in [-0.39, 0.29) is 31.6 Å². The van der Waals surface area contributed by atoms with Crippen molar-refractivity contribution in [3.63, 3.8) is 0 Å². The number of fused-ring (bicyclic) bond motifs is 3. The molecule has 1 N–H and O–H groups in total. The number of para-hydroxylation sites is 1.